The van der Waals surface area contributed by atoms with Crippen LogP contribution in [-0.4, -0.2) is 11.7 Å². The van der Waals surface area contributed by atoms with Crippen LogP contribution in [0.1, 0.15) is 5.56 Å². The Morgan fingerprint density at radius 3 is 1.62 bits per heavy atom. The van der Waals surface area contributed by atoms with Gasteiger partial charge in [-0.15, -0.1) is 0 Å². The Kier molecular flexibility index (Phi) is 5.14. The average molecular weight is 513 g/mol. The number of pyridine rings is 1. The van der Waals surface area contributed by atoms with E-state index in [0.717, 1.165) is 78.3 Å². The zero-order valence-electron chi connectivity index (χ0n) is 22.0. The lowest BCUT2D eigenvalue weighted by molar-refractivity contribution is 0.466. The molecule has 5 aromatic carbocycles. The number of ether oxygens (including phenoxy) is 2. The second kappa shape index (κ2) is 8.99. The van der Waals surface area contributed by atoms with Gasteiger partial charge in [0.1, 0.15) is 23.0 Å². The Morgan fingerprint density at radius 1 is 0.550 bits per heavy atom. The predicted octanol–water partition coefficient (Wildman–Crippen LogP) is 7.12. The fourth-order valence-corrected chi connectivity index (χ4v) is 6.16. The smallest absolute Gasteiger partial charge is 0.260 e. The molecule has 2 aliphatic rings. The highest BCUT2D eigenvalue weighted by Gasteiger charge is 2.42. The molecule has 0 radical (unpaired) electrons. The molecular formula is C36H24BNO2. The summed E-state index contributed by atoms with van der Waals surface area (Å²) in [6, 6.07) is 40.2. The van der Waals surface area contributed by atoms with Gasteiger partial charge in [0.2, 0.25) is 0 Å². The van der Waals surface area contributed by atoms with E-state index in [1.54, 1.807) is 0 Å². The lowest BCUT2D eigenvalue weighted by atomic mass is 9.34. The zero-order chi connectivity index (χ0) is 26.6. The number of fused-ring (bicyclic) bond motifs is 4. The number of aromatic nitrogens is 1. The first-order chi connectivity index (χ1) is 19.8. The number of nitrogens with zero attached hydrogens (tertiary/aromatic N) is 1. The second-order valence-electron chi connectivity index (χ2n) is 10.4. The van der Waals surface area contributed by atoms with E-state index in [1.807, 2.05) is 30.6 Å². The van der Waals surface area contributed by atoms with Gasteiger partial charge in [0.05, 0.1) is 0 Å². The molecule has 0 fully saturated rings. The maximum Gasteiger partial charge on any atom is 0.260 e. The van der Waals surface area contributed by atoms with Crippen LogP contribution in [0.4, 0.5) is 0 Å². The molecule has 6 aromatic rings. The van der Waals surface area contributed by atoms with Gasteiger partial charge in [-0.2, -0.15) is 0 Å². The third-order valence-corrected chi connectivity index (χ3v) is 8.05. The fourth-order valence-electron chi connectivity index (χ4n) is 6.16. The van der Waals surface area contributed by atoms with Gasteiger partial charge < -0.3 is 9.47 Å². The van der Waals surface area contributed by atoms with Crippen LogP contribution in [0.15, 0.2) is 128 Å². The molecule has 0 spiro atoms. The molecule has 0 N–H and O–H groups in total. The van der Waals surface area contributed by atoms with Crippen molar-refractivity contribution in [3.63, 3.8) is 0 Å². The van der Waals surface area contributed by atoms with Crippen molar-refractivity contribution in [2.75, 3.05) is 0 Å². The number of aryl methyl sites for hydroxylation is 1. The molecule has 0 atom stereocenters. The SMILES string of the molecule is Cc1ccncc1-c1cc2c3c(c1)Oc1c(cccc1-c1ccccc1)B3c1cccc(-c3ccccc3)c1O2. The summed E-state index contributed by atoms with van der Waals surface area (Å²) in [5.41, 5.74) is 11.0. The highest BCUT2D eigenvalue weighted by molar-refractivity contribution is 6.98. The lowest BCUT2D eigenvalue weighted by Crippen LogP contribution is -2.57. The van der Waals surface area contributed by atoms with E-state index in [2.05, 4.69) is 109 Å². The molecule has 8 rings (SSSR count). The van der Waals surface area contributed by atoms with Crippen molar-refractivity contribution in [2.45, 2.75) is 6.92 Å². The van der Waals surface area contributed by atoms with E-state index in [-0.39, 0.29) is 6.71 Å². The quantitative estimate of drug-likeness (QED) is 0.236. The molecule has 0 saturated heterocycles. The summed E-state index contributed by atoms with van der Waals surface area (Å²) >= 11 is 0. The van der Waals surface area contributed by atoms with Crippen molar-refractivity contribution in [2.24, 2.45) is 0 Å². The first-order valence-electron chi connectivity index (χ1n) is 13.6. The van der Waals surface area contributed by atoms with Gasteiger partial charge in [0.15, 0.2) is 0 Å². The Bertz CT molecular complexity index is 1800. The maximum absolute atomic E-state index is 6.84. The molecule has 0 saturated carbocycles. The highest BCUT2D eigenvalue weighted by Crippen LogP contribution is 2.43. The van der Waals surface area contributed by atoms with Crippen LogP contribution < -0.4 is 25.9 Å². The van der Waals surface area contributed by atoms with Crippen LogP contribution in [0, 0.1) is 6.92 Å². The van der Waals surface area contributed by atoms with Gasteiger partial charge in [-0.05, 0) is 58.3 Å². The van der Waals surface area contributed by atoms with Crippen molar-refractivity contribution in [1.82, 2.24) is 4.98 Å². The number of benzene rings is 5. The van der Waals surface area contributed by atoms with Gasteiger partial charge in [0, 0.05) is 34.5 Å². The molecule has 40 heavy (non-hydrogen) atoms. The van der Waals surface area contributed by atoms with Gasteiger partial charge in [-0.1, -0.05) is 97.1 Å². The standard InChI is InChI=1S/C36H24BNO2/c1-23-18-19-38-22-29(23)26-20-32-34-33(21-26)40-36-28(25-12-6-3-7-13-25)15-9-17-31(36)37(34)30-16-8-14-27(35(30)39-32)24-10-4-2-5-11-24/h2-22H,1H3. The molecular weight excluding hydrogens is 489 g/mol. The zero-order valence-corrected chi connectivity index (χ0v) is 22.0. The molecule has 3 nitrogen and oxygen atoms in total. The molecule has 4 heteroatoms. The Morgan fingerprint density at radius 2 is 1.10 bits per heavy atom. The minimum atomic E-state index is -0.0196. The van der Waals surface area contributed by atoms with E-state index in [1.165, 1.54) is 0 Å². The molecule has 2 aliphatic heterocycles. The Hall–Kier alpha value is -5.09. The summed E-state index contributed by atoms with van der Waals surface area (Å²) in [6.45, 7) is 2.09. The normalized spacial score (nSPS) is 12.5. The molecule has 188 valence electrons. The van der Waals surface area contributed by atoms with Crippen LogP contribution in [0.5, 0.6) is 23.0 Å². The molecule has 3 heterocycles. The van der Waals surface area contributed by atoms with Gasteiger partial charge in [-0.25, -0.2) is 0 Å². The fraction of sp³-hybridized carbons (Fsp3) is 0.0278. The molecule has 0 aliphatic carbocycles. The summed E-state index contributed by atoms with van der Waals surface area (Å²) in [5.74, 6) is 3.45. The average Bonchev–Trinajstić information content (AvgIpc) is 3.01. The Labute approximate surface area is 233 Å². The van der Waals surface area contributed by atoms with Crippen LogP contribution in [0.2, 0.25) is 0 Å². The first-order valence-corrected chi connectivity index (χ1v) is 13.6. The maximum atomic E-state index is 6.84. The van der Waals surface area contributed by atoms with Crippen molar-refractivity contribution < 1.29 is 9.47 Å². The van der Waals surface area contributed by atoms with Crippen LogP contribution >= 0.6 is 0 Å². The van der Waals surface area contributed by atoms with E-state index in [0.29, 0.717) is 0 Å². The summed E-state index contributed by atoms with van der Waals surface area (Å²) in [7, 11) is 0. The van der Waals surface area contributed by atoms with Crippen LogP contribution in [-0.2, 0) is 0 Å². The molecule has 1 aromatic heterocycles. The van der Waals surface area contributed by atoms with Crippen LogP contribution in [0.25, 0.3) is 33.4 Å². The van der Waals surface area contributed by atoms with E-state index < -0.39 is 0 Å². The molecule has 0 bridgehead atoms. The largest absolute Gasteiger partial charge is 0.458 e. The first kappa shape index (κ1) is 22.9. The van der Waals surface area contributed by atoms with Gasteiger partial charge in [-0.3, -0.25) is 4.98 Å². The van der Waals surface area contributed by atoms with Crippen LogP contribution in [0.3, 0.4) is 0 Å². The summed E-state index contributed by atoms with van der Waals surface area (Å²) < 4.78 is 13.7. The van der Waals surface area contributed by atoms with Gasteiger partial charge >= 0.3 is 0 Å². The van der Waals surface area contributed by atoms with E-state index >= 15 is 0 Å². The van der Waals surface area contributed by atoms with Gasteiger partial charge in [0.25, 0.3) is 6.71 Å². The third-order valence-electron chi connectivity index (χ3n) is 8.05. The minimum Gasteiger partial charge on any atom is -0.458 e. The summed E-state index contributed by atoms with van der Waals surface area (Å²) in [5, 5.41) is 0. The highest BCUT2D eigenvalue weighted by atomic mass is 16.5. The second-order valence-corrected chi connectivity index (χ2v) is 10.4. The minimum absolute atomic E-state index is 0.0196. The number of hydrogen-bond acceptors (Lipinski definition) is 3. The predicted molar refractivity (Wildman–Crippen MR) is 163 cm³/mol. The lowest BCUT2D eigenvalue weighted by Gasteiger charge is -2.35. The summed E-state index contributed by atoms with van der Waals surface area (Å²) in [4.78, 5) is 4.42. The molecule has 0 amide bonds. The Balaban J connectivity index is 1.42. The third kappa shape index (κ3) is 3.50. The number of hydrogen-bond donors (Lipinski definition) is 0. The number of para-hydroxylation sites is 2. The van der Waals surface area contributed by atoms with Crippen molar-refractivity contribution in [3.8, 4) is 56.4 Å². The van der Waals surface area contributed by atoms with Crippen molar-refractivity contribution >= 4 is 23.1 Å². The molecule has 0 unspecified atom stereocenters. The van der Waals surface area contributed by atoms with E-state index in [4.69, 9.17) is 9.47 Å². The monoisotopic (exact) mass is 513 g/mol. The van der Waals surface area contributed by atoms with Crippen molar-refractivity contribution in [1.29, 1.82) is 0 Å². The topological polar surface area (TPSA) is 31.4 Å². The number of rotatable bonds is 3. The summed E-state index contributed by atoms with van der Waals surface area (Å²) in [6.07, 6.45) is 3.74. The van der Waals surface area contributed by atoms with E-state index in [9.17, 15) is 0 Å². The van der Waals surface area contributed by atoms with Crippen molar-refractivity contribution in [3.05, 3.63) is 133 Å².